The Kier molecular flexibility index (Phi) is 3.94. The number of hydrogen-bond donors (Lipinski definition) is 1. The minimum Gasteiger partial charge on any atom is -0.322 e. The van der Waals surface area contributed by atoms with Gasteiger partial charge >= 0.3 is 0 Å². The molecule has 0 atom stereocenters. The van der Waals surface area contributed by atoms with Crippen molar-refractivity contribution in [2.75, 3.05) is 5.32 Å². The highest BCUT2D eigenvalue weighted by molar-refractivity contribution is 9.08. The van der Waals surface area contributed by atoms with Gasteiger partial charge in [-0.25, -0.2) is 0 Å². The maximum Gasteiger partial charge on any atom is 0.255 e. The normalized spacial score (nSPS) is 9.94. The molecule has 0 fully saturated rings. The number of carbonyl (C=O) groups is 1. The largest absolute Gasteiger partial charge is 0.322 e. The summed E-state index contributed by atoms with van der Waals surface area (Å²) in [5, 5.41) is 3.65. The zero-order valence-corrected chi connectivity index (χ0v) is 10.8. The zero-order chi connectivity index (χ0) is 12.1. The van der Waals surface area contributed by atoms with Crippen molar-refractivity contribution in [1.82, 2.24) is 0 Å². The molecular formula is C14H12BrNO. The highest BCUT2D eigenvalue weighted by Crippen LogP contribution is 2.14. The lowest BCUT2D eigenvalue weighted by Crippen LogP contribution is -2.11. The van der Waals surface area contributed by atoms with Gasteiger partial charge in [-0.05, 0) is 29.8 Å². The molecule has 0 unspecified atom stereocenters. The second-order valence-corrected chi connectivity index (χ2v) is 4.21. The van der Waals surface area contributed by atoms with Gasteiger partial charge in [-0.15, -0.1) is 0 Å². The van der Waals surface area contributed by atoms with E-state index in [0.29, 0.717) is 5.56 Å². The standard InChI is InChI=1S/C14H12BrNO/c15-10-11-5-4-8-13(9-11)16-14(17)12-6-2-1-3-7-12/h1-9H,10H2,(H,16,17). The third-order valence-electron chi connectivity index (χ3n) is 2.38. The van der Waals surface area contributed by atoms with E-state index in [1.165, 1.54) is 0 Å². The van der Waals surface area contributed by atoms with E-state index in [1.54, 1.807) is 12.1 Å². The number of anilines is 1. The summed E-state index contributed by atoms with van der Waals surface area (Å²) in [6, 6.07) is 17.0. The Morgan fingerprint density at radius 3 is 2.53 bits per heavy atom. The zero-order valence-electron chi connectivity index (χ0n) is 9.19. The van der Waals surface area contributed by atoms with Gasteiger partial charge in [-0.3, -0.25) is 4.79 Å². The van der Waals surface area contributed by atoms with Crippen LogP contribution in [0.5, 0.6) is 0 Å². The highest BCUT2D eigenvalue weighted by atomic mass is 79.9. The number of hydrogen-bond acceptors (Lipinski definition) is 1. The van der Waals surface area contributed by atoms with Crippen LogP contribution in [0.4, 0.5) is 5.69 Å². The number of amides is 1. The van der Waals surface area contributed by atoms with E-state index in [1.807, 2.05) is 42.5 Å². The van der Waals surface area contributed by atoms with Crippen LogP contribution in [0.15, 0.2) is 54.6 Å². The monoisotopic (exact) mass is 289 g/mol. The molecule has 0 radical (unpaired) electrons. The minimum absolute atomic E-state index is 0.0858. The summed E-state index contributed by atoms with van der Waals surface area (Å²) >= 11 is 3.39. The quantitative estimate of drug-likeness (QED) is 0.855. The van der Waals surface area contributed by atoms with Gasteiger partial charge in [0.05, 0.1) is 0 Å². The van der Waals surface area contributed by atoms with Gasteiger partial charge in [0, 0.05) is 16.6 Å². The summed E-state index contributed by atoms with van der Waals surface area (Å²) in [5.41, 5.74) is 2.61. The van der Waals surface area contributed by atoms with Crippen LogP contribution in [0, 0.1) is 0 Å². The van der Waals surface area contributed by atoms with Crippen LogP contribution in [-0.4, -0.2) is 5.91 Å². The van der Waals surface area contributed by atoms with Gasteiger partial charge in [0.1, 0.15) is 0 Å². The lowest BCUT2D eigenvalue weighted by Gasteiger charge is -2.06. The van der Waals surface area contributed by atoms with Crippen molar-refractivity contribution in [2.45, 2.75) is 5.33 Å². The van der Waals surface area contributed by atoms with Gasteiger partial charge in [0.2, 0.25) is 0 Å². The highest BCUT2D eigenvalue weighted by Gasteiger charge is 2.04. The molecule has 17 heavy (non-hydrogen) atoms. The molecule has 0 heterocycles. The summed E-state index contributed by atoms with van der Waals surface area (Å²) in [6.07, 6.45) is 0. The van der Waals surface area contributed by atoms with Crippen LogP contribution < -0.4 is 5.32 Å². The number of nitrogens with one attached hydrogen (secondary N) is 1. The Labute approximate surface area is 109 Å². The Hall–Kier alpha value is -1.61. The molecule has 2 nitrogen and oxygen atoms in total. The molecule has 0 aromatic heterocycles. The average molecular weight is 290 g/mol. The summed E-state index contributed by atoms with van der Waals surface area (Å²) in [7, 11) is 0. The SMILES string of the molecule is O=C(Nc1cccc(CBr)c1)c1ccccc1. The second kappa shape index (κ2) is 5.64. The van der Waals surface area contributed by atoms with Crippen LogP contribution in [-0.2, 0) is 5.33 Å². The van der Waals surface area contributed by atoms with Crippen molar-refractivity contribution in [2.24, 2.45) is 0 Å². The number of benzene rings is 2. The fourth-order valence-electron chi connectivity index (χ4n) is 1.52. The maximum atomic E-state index is 11.9. The molecule has 0 aliphatic rings. The van der Waals surface area contributed by atoms with Crippen molar-refractivity contribution in [3.05, 3.63) is 65.7 Å². The van der Waals surface area contributed by atoms with E-state index < -0.39 is 0 Å². The first kappa shape index (κ1) is 11.9. The number of carbonyl (C=O) groups excluding carboxylic acids is 1. The lowest BCUT2D eigenvalue weighted by molar-refractivity contribution is 0.102. The topological polar surface area (TPSA) is 29.1 Å². The van der Waals surface area contributed by atoms with Crippen molar-refractivity contribution in [3.63, 3.8) is 0 Å². The van der Waals surface area contributed by atoms with Crippen molar-refractivity contribution < 1.29 is 4.79 Å². The first-order chi connectivity index (χ1) is 8.29. The van der Waals surface area contributed by atoms with Gasteiger partial charge in [-0.1, -0.05) is 46.3 Å². The molecule has 0 aliphatic carbocycles. The molecular weight excluding hydrogens is 278 g/mol. The summed E-state index contributed by atoms with van der Waals surface area (Å²) < 4.78 is 0. The van der Waals surface area contributed by atoms with Crippen LogP contribution in [0.3, 0.4) is 0 Å². The Morgan fingerprint density at radius 1 is 1.06 bits per heavy atom. The van der Waals surface area contributed by atoms with Crippen LogP contribution in [0.25, 0.3) is 0 Å². The molecule has 0 aliphatic heterocycles. The fourth-order valence-corrected chi connectivity index (χ4v) is 1.87. The molecule has 0 spiro atoms. The smallest absolute Gasteiger partial charge is 0.255 e. The molecule has 0 saturated heterocycles. The number of alkyl halides is 1. The number of halogens is 1. The van der Waals surface area contributed by atoms with Crippen LogP contribution >= 0.6 is 15.9 Å². The molecule has 1 amide bonds. The van der Waals surface area contributed by atoms with Crippen molar-refractivity contribution in [1.29, 1.82) is 0 Å². The summed E-state index contributed by atoms with van der Waals surface area (Å²) in [6.45, 7) is 0. The van der Waals surface area contributed by atoms with E-state index in [-0.39, 0.29) is 5.91 Å². The first-order valence-electron chi connectivity index (χ1n) is 5.31. The van der Waals surface area contributed by atoms with Gasteiger partial charge in [-0.2, -0.15) is 0 Å². The Morgan fingerprint density at radius 2 is 1.82 bits per heavy atom. The predicted molar refractivity (Wildman–Crippen MR) is 73.5 cm³/mol. The van der Waals surface area contributed by atoms with E-state index in [2.05, 4.69) is 21.2 Å². The second-order valence-electron chi connectivity index (χ2n) is 3.65. The average Bonchev–Trinajstić information content (AvgIpc) is 2.40. The third kappa shape index (κ3) is 3.17. The van der Waals surface area contributed by atoms with Crippen molar-refractivity contribution >= 4 is 27.5 Å². The minimum atomic E-state index is -0.0858. The van der Waals surface area contributed by atoms with Gasteiger partial charge in [0.25, 0.3) is 5.91 Å². The lowest BCUT2D eigenvalue weighted by atomic mass is 10.2. The molecule has 2 aromatic rings. The summed E-state index contributed by atoms with van der Waals surface area (Å²) in [4.78, 5) is 11.9. The molecule has 2 aromatic carbocycles. The third-order valence-corrected chi connectivity index (χ3v) is 3.02. The van der Waals surface area contributed by atoms with E-state index in [4.69, 9.17) is 0 Å². The molecule has 1 N–H and O–H groups in total. The molecule has 86 valence electrons. The van der Waals surface area contributed by atoms with E-state index in [0.717, 1.165) is 16.6 Å². The predicted octanol–water partition coefficient (Wildman–Crippen LogP) is 3.83. The molecule has 0 bridgehead atoms. The number of rotatable bonds is 3. The Bertz CT molecular complexity index is 511. The first-order valence-corrected chi connectivity index (χ1v) is 6.43. The van der Waals surface area contributed by atoms with Gasteiger partial charge < -0.3 is 5.32 Å². The van der Waals surface area contributed by atoms with Crippen LogP contribution in [0.2, 0.25) is 0 Å². The summed E-state index contributed by atoms with van der Waals surface area (Å²) in [5.74, 6) is -0.0858. The van der Waals surface area contributed by atoms with E-state index >= 15 is 0 Å². The van der Waals surface area contributed by atoms with Crippen LogP contribution in [0.1, 0.15) is 15.9 Å². The van der Waals surface area contributed by atoms with Crippen molar-refractivity contribution in [3.8, 4) is 0 Å². The van der Waals surface area contributed by atoms with Gasteiger partial charge in [0.15, 0.2) is 0 Å². The molecule has 0 saturated carbocycles. The Balaban J connectivity index is 2.13. The molecule has 2 rings (SSSR count). The van der Waals surface area contributed by atoms with E-state index in [9.17, 15) is 4.79 Å². The molecule has 3 heteroatoms. The fraction of sp³-hybridized carbons (Fsp3) is 0.0714. The maximum absolute atomic E-state index is 11.9.